The Balaban J connectivity index is 2.09. The van der Waals surface area contributed by atoms with Gasteiger partial charge in [0.15, 0.2) is 12.1 Å². The predicted octanol–water partition coefficient (Wildman–Crippen LogP) is 3.03. The van der Waals surface area contributed by atoms with Crippen LogP contribution >= 0.6 is 0 Å². The van der Waals surface area contributed by atoms with E-state index >= 15 is 0 Å². The third kappa shape index (κ3) is 7.36. The average molecular weight is 454 g/mol. The van der Waals surface area contributed by atoms with Crippen LogP contribution in [-0.4, -0.2) is 56.8 Å². The summed E-state index contributed by atoms with van der Waals surface area (Å²) in [6.45, 7) is 11.3. The van der Waals surface area contributed by atoms with Crippen molar-refractivity contribution in [3.63, 3.8) is 0 Å². The summed E-state index contributed by atoms with van der Waals surface area (Å²) in [7, 11) is 0. The van der Waals surface area contributed by atoms with Gasteiger partial charge in [0.25, 0.3) is 0 Å². The summed E-state index contributed by atoms with van der Waals surface area (Å²) in [5.74, 6) is 1.30. The summed E-state index contributed by atoms with van der Waals surface area (Å²) in [5.41, 5.74) is 0.584. The number of ketones is 1. The van der Waals surface area contributed by atoms with Gasteiger partial charge in [0.1, 0.15) is 0 Å². The number of aliphatic hydroxyl groups excluding tert-OH is 3. The van der Waals surface area contributed by atoms with Crippen LogP contribution in [-0.2, 0) is 4.79 Å². The Morgan fingerprint density at radius 2 is 1.66 bits per heavy atom. The van der Waals surface area contributed by atoms with E-state index in [9.17, 15) is 25.2 Å². The molecule has 0 radical (unpaired) electrons. The quantitative estimate of drug-likeness (QED) is 0.230. The Morgan fingerprint density at radius 3 is 2.25 bits per heavy atom. The lowest BCUT2D eigenvalue weighted by molar-refractivity contribution is -0.124. The van der Waals surface area contributed by atoms with E-state index < -0.39 is 24.4 Å². The number of allylic oxidation sites excluding steroid dienone is 1. The Kier molecular flexibility index (Phi) is 10.4. The molecule has 2 saturated carbocycles. The van der Waals surface area contributed by atoms with Gasteiger partial charge in [-0.3, -0.25) is 4.79 Å². The molecule has 186 valence electrons. The van der Waals surface area contributed by atoms with Gasteiger partial charge in [-0.25, -0.2) is 0 Å². The minimum Gasteiger partial charge on any atom is -0.392 e. The number of hydrogen-bond acceptors (Lipinski definition) is 6. The maximum atomic E-state index is 12.7. The molecular weight excluding hydrogens is 406 g/mol. The van der Waals surface area contributed by atoms with Gasteiger partial charge in [-0.2, -0.15) is 0 Å². The molecule has 2 fully saturated rings. The minimum atomic E-state index is -1.56. The molecule has 2 rings (SSSR count). The van der Waals surface area contributed by atoms with Gasteiger partial charge in [-0.1, -0.05) is 46.6 Å². The molecule has 0 saturated heterocycles. The normalized spacial score (nSPS) is 31.8. The Hall–Kier alpha value is -0.790. The first-order valence-electron chi connectivity index (χ1n) is 12.6. The fourth-order valence-corrected chi connectivity index (χ4v) is 5.71. The number of carbonyl (C=O) groups excluding carboxylic acids is 1. The van der Waals surface area contributed by atoms with Crippen LogP contribution in [0.5, 0.6) is 0 Å². The summed E-state index contributed by atoms with van der Waals surface area (Å²) >= 11 is 0. The molecule has 2 aliphatic rings. The molecule has 0 aliphatic heterocycles. The van der Waals surface area contributed by atoms with E-state index in [4.69, 9.17) is 0 Å². The highest BCUT2D eigenvalue weighted by atomic mass is 16.5. The molecule has 10 atom stereocenters. The third-order valence-corrected chi connectivity index (χ3v) is 8.16. The largest absolute Gasteiger partial charge is 0.392 e. The van der Waals surface area contributed by atoms with Crippen molar-refractivity contribution in [1.29, 1.82) is 0 Å². The topological polar surface area (TPSA) is 110 Å². The number of Topliss-reactive ketones (excluding diaryl/α,β-unsaturated/α-hetero) is 1. The first kappa shape index (κ1) is 27.5. The van der Waals surface area contributed by atoms with Crippen molar-refractivity contribution in [1.82, 2.24) is 5.32 Å². The fourth-order valence-electron chi connectivity index (χ4n) is 5.71. The Morgan fingerprint density at radius 1 is 1.00 bits per heavy atom. The van der Waals surface area contributed by atoms with Crippen LogP contribution in [0.25, 0.3) is 0 Å². The lowest BCUT2D eigenvalue weighted by Crippen LogP contribution is -2.49. The van der Waals surface area contributed by atoms with Crippen LogP contribution in [0.1, 0.15) is 80.1 Å². The smallest absolute Gasteiger partial charge is 0.161 e. The van der Waals surface area contributed by atoms with Gasteiger partial charge >= 0.3 is 0 Å². The number of carbonyl (C=O) groups is 1. The number of hydrogen-bond donors (Lipinski definition) is 5. The van der Waals surface area contributed by atoms with Crippen LogP contribution in [0, 0.1) is 35.5 Å². The molecule has 3 unspecified atom stereocenters. The molecule has 0 aromatic heterocycles. The number of aliphatic hydroxyl groups is 4. The molecule has 0 aromatic carbocycles. The highest BCUT2D eigenvalue weighted by Gasteiger charge is 2.48. The van der Waals surface area contributed by atoms with Gasteiger partial charge in [0.2, 0.25) is 0 Å². The van der Waals surface area contributed by atoms with Crippen molar-refractivity contribution in [2.45, 2.75) is 111 Å². The first-order valence-corrected chi connectivity index (χ1v) is 12.6. The summed E-state index contributed by atoms with van der Waals surface area (Å²) < 4.78 is 0. The van der Waals surface area contributed by atoms with E-state index in [0.29, 0.717) is 24.0 Å². The number of fused-ring (bicyclic) bond motifs is 1. The summed E-state index contributed by atoms with van der Waals surface area (Å²) in [5, 5.41) is 43.4. The minimum absolute atomic E-state index is 0.0119. The second-order valence-electron chi connectivity index (χ2n) is 10.9. The van der Waals surface area contributed by atoms with Gasteiger partial charge in [0.05, 0.1) is 12.2 Å². The van der Waals surface area contributed by atoms with Crippen LogP contribution in [0.2, 0.25) is 0 Å². The summed E-state index contributed by atoms with van der Waals surface area (Å²) in [4.78, 5) is 12.7. The first-order chi connectivity index (χ1) is 14.9. The zero-order valence-corrected chi connectivity index (χ0v) is 20.9. The summed E-state index contributed by atoms with van der Waals surface area (Å²) in [6.07, 6.45) is 4.81. The van der Waals surface area contributed by atoms with E-state index in [0.717, 1.165) is 24.7 Å². The number of rotatable bonds is 12. The highest BCUT2D eigenvalue weighted by Crippen LogP contribution is 2.51. The standard InChI is InChI=1S/C26H47NO5/c1-14-8-7-9-23(21-13-20(14)21)27-22(18(5)25(30)19(6)26(31)32)11-10-15(2)24(29)16(3)12-17(4)28/h12,14-15,17-23,25-28,30-32H,7-11,13H2,1-6H3/b16-12+/t14-,15-,17-,18-,19-,20?,21?,22+,23?,25+/m1/s1. The average Bonchev–Trinajstić information content (AvgIpc) is 3.53. The van der Waals surface area contributed by atoms with E-state index in [1.165, 1.54) is 19.3 Å². The van der Waals surface area contributed by atoms with E-state index in [-0.39, 0.29) is 23.7 Å². The molecular formula is C26H47NO5. The van der Waals surface area contributed by atoms with E-state index in [1.807, 2.05) is 13.8 Å². The van der Waals surface area contributed by atoms with Crippen molar-refractivity contribution >= 4 is 5.78 Å². The van der Waals surface area contributed by atoms with E-state index in [1.54, 1.807) is 26.8 Å². The zero-order chi connectivity index (χ0) is 24.2. The second kappa shape index (κ2) is 12.1. The van der Waals surface area contributed by atoms with Crippen LogP contribution in [0.3, 0.4) is 0 Å². The number of nitrogens with one attached hydrogen (secondary N) is 1. The summed E-state index contributed by atoms with van der Waals surface area (Å²) in [6, 6.07) is 0.406. The maximum Gasteiger partial charge on any atom is 0.161 e. The molecule has 6 nitrogen and oxygen atoms in total. The van der Waals surface area contributed by atoms with Crippen LogP contribution < -0.4 is 5.32 Å². The van der Waals surface area contributed by atoms with Gasteiger partial charge in [-0.05, 0) is 68.8 Å². The molecule has 0 amide bonds. The van der Waals surface area contributed by atoms with Crippen molar-refractivity contribution in [2.24, 2.45) is 35.5 Å². The van der Waals surface area contributed by atoms with Crippen molar-refractivity contribution in [3.05, 3.63) is 11.6 Å². The lowest BCUT2D eigenvalue weighted by Gasteiger charge is -2.36. The SMILES string of the molecule is C/C(=C\[C@@H](C)O)C(=O)[C@H](C)CC[C@H](NC1CCC[C@@H](C)C2CC12)[C@@H](C)[C@H](O)[C@@H](C)C(O)O. The van der Waals surface area contributed by atoms with E-state index in [2.05, 4.69) is 12.2 Å². The molecule has 0 aromatic rings. The van der Waals surface area contributed by atoms with Crippen molar-refractivity contribution < 1.29 is 25.2 Å². The molecule has 0 bridgehead atoms. The Labute approximate surface area is 194 Å². The van der Waals surface area contributed by atoms with Crippen LogP contribution in [0.15, 0.2) is 11.6 Å². The zero-order valence-electron chi connectivity index (χ0n) is 20.9. The van der Waals surface area contributed by atoms with Crippen molar-refractivity contribution in [2.75, 3.05) is 0 Å². The van der Waals surface area contributed by atoms with Gasteiger partial charge < -0.3 is 25.7 Å². The predicted molar refractivity (Wildman–Crippen MR) is 127 cm³/mol. The van der Waals surface area contributed by atoms with Gasteiger partial charge in [-0.15, -0.1) is 0 Å². The highest BCUT2D eigenvalue weighted by molar-refractivity contribution is 5.96. The molecule has 5 N–H and O–H groups in total. The monoisotopic (exact) mass is 453 g/mol. The third-order valence-electron chi connectivity index (χ3n) is 8.16. The molecule has 6 heteroatoms. The molecule has 0 heterocycles. The second-order valence-corrected chi connectivity index (χ2v) is 10.9. The van der Waals surface area contributed by atoms with Crippen LogP contribution in [0.4, 0.5) is 0 Å². The maximum absolute atomic E-state index is 12.7. The molecule has 32 heavy (non-hydrogen) atoms. The Bertz CT molecular complexity index is 634. The lowest BCUT2D eigenvalue weighted by atomic mass is 9.83. The van der Waals surface area contributed by atoms with Crippen molar-refractivity contribution in [3.8, 4) is 0 Å². The van der Waals surface area contributed by atoms with Gasteiger partial charge in [0, 0.05) is 23.9 Å². The molecule has 2 aliphatic carbocycles. The molecule has 0 spiro atoms. The fraction of sp³-hybridized carbons (Fsp3) is 0.885.